The predicted molar refractivity (Wildman–Crippen MR) is 245 cm³/mol. The topological polar surface area (TPSA) is 149 Å². The van der Waals surface area contributed by atoms with Crippen molar-refractivity contribution >= 4 is 67.8 Å². The summed E-state index contributed by atoms with van der Waals surface area (Å²) in [6.07, 6.45) is 5.03. The molecule has 4 heterocycles. The molecule has 3 fully saturated rings. The summed E-state index contributed by atoms with van der Waals surface area (Å²) in [5, 5.41) is 10.2. The number of H-pyrrole nitrogens is 1. The SMILES string of the molecule is CCC(=O)N[C@@H](C(=O)N1[C@@H]2CC[C@@H](C2)[C@H]1C1=Nc2ccc3cc(-c4ccc5c(ccc6[nH]c([C@@H]7CCCN7C(=O)[C@@H](NC(=O)OC)C(C)C)nc65)c4)ccc3c2C1)c1ccccc1. The van der Waals surface area contributed by atoms with Crippen molar-refractivity contribution in [3.63, 3.8) is 0 Å². The number of amides is 4. The van der Waals surface area contributed by atoms with Crippen molar-refractivity contribution < 1.29 is 23.9 Å². The standard InChI is InChI=1S/C51H53N7O5/c1-5-43(59)54-45(29-10-7-6-8-11-29)50(61)58-35-18-13-34(26-35)47(58)41-27-38-36-19-14-30(24-32(36)16-21-39(38)52-41)31-15-20-37-33(25-31)17-22-40-46(37)55-48(53-40)42-12-9-23-57(42)49(60)44(28(2)3)56-51(62)63-4/h6-8,10-11,14-17,19-22,24-25,28,34-35,42,44-45,47H,5,9,12-13,18,23,26-27H2,1-4H3,(H,53,55)(H,54,59)(H,56,62)/t34-,35+,42-,44-,45+,47-/m0/s1. The molecule has 12 heteroatoms. The molecule has 0 unspecified atom stereocenters. The number of benzene rings is 5. The summed E-state index contributed by atoms with van der Waals surface area (Å²) < 4.78 is 4.81. The number of aliphatic imine (C=N–C) groups is 1. The summed E-state index contributed by atoms with van der Waals surface area (Å²) in [5.41, 5.74) is 7.99. The molecule has 2 saturated heterocycles. The highest BCUT2D eigenvalue weighted by atomic mass is 16.5. The van der Waals surface area contributed by atoms with E-state index < -0.39 is 18.2 Å². The Bertz CT molecular complexity index is 2830. The average Bonchev–Trinajstić information content (AvgIpc) is 4.17. The lowest BCUT2D eigenvalue weighted by Crippen LogP contribution is -2.53. The summed E-state index contributed by atoms with van der Waals surface area (Å²) in [6, 6.07) is 29.6. The van der Waals surface area contributed by atoms with Gasteiger partial charge >= 0.3 is 6.09 Å². The van der Waals surface area contributed by atoms with Gasteiger partial charge in [-0.15, -0.1) is 0 Å². The first-order chi connectivity index (χ1) is 30.6. The first-order valence-corrected chi connectivity index (χ1v) is 22.5. The van der Waals surface area contributed by atoms with Crippen molar-refractivity contribution in [1.82, 2.24) is 30.4 Å². The summed E-state index contributed by atoms with van der Waals surface area (Å²) in [4.78, 5) is 70.9. The molecule has 3 aliphatic heterocycles. The Kier molecular flexibility index (Phi) is 10.5. The molecule has 10 rings (SSSR count). The number of methoxy groups -OCH3 is 1. The zero-order valence-electron chi connectivity index (χ0n) is 36.2. The van der Waals surface area contributed by atoms with Crippen LogP contribution in [-0.4, -0.2) is 81.1 Å². The smallest absolute Gasteiger partial charge is 0.407 e. The van der Waals surface area contributed by atoms with Crippen LogP contribution < -0.4 is 10.6 Å². The fraction of sp³-hybridized carbons (Fsp3) is 0.373. The minimum Gasteiger partial charge on any atom is -0.453 e. The maximum Gasteiger partial charge on any atom is 0.407 e. The minimum atomic E-state index is -0.732. The molecule has 1 saturated carbocycles. The molecule has 0 radical (unpaired) electrons. The molecule has 63 heavy (non-hydrogen) atoms. The van der Waals surface area contributed by atoms with Gasteiger partial charge in [-0.1, -0.05) is 87.5 Å². The van der Waals surface area contributed by atoms with Crippen molar-refractivity contribution in [2.24, 2.45) is 16.8 Å². The number of fused-ring (bicyclic) bond motifs is 8. The van der Waals surface area contributed by atoms with Gasteiger partial charge in [0.05, 0.1) is 35.9 Å². The normalized spacial score (nSPS) is 21.3. The molecular weight excluding hydrogens is 791 g/mol. The van der Waals surface area contributed by atoms with Crippen molar-refractivity contribution in [2.75, 3.05) is 13.7 Å². The summed E-state index contributed by atoms with van der Waals surface area (Å²) >= 11 is 0. The van der Waals surface area contributed by atoms with Gasteiger partial charge in [0.25, 0.3) is 5.91 Å². The number of likely N-dealkylation sites (tertiary alicyclic amines) is 2. The molecule has 4 amide bonds. The number of piperidine rings is 1. The number of imidazole rings is 1. The van der Waals surface area contributed by atoms with Crippen LogP contribution in [0.1, 0.15) is 88.3 Å². The predicted octanol–water partition coefficient (Wildman–Crippen LogP) is 8.86. The van der Waals surface area contributed by atoms with Crippen LogP contribution in [0, 0.1) is 11.8 Å². The average molecular weight is 844 g/mol. The summed E-state index contributed by atoms with van der Waals surface area (Å²) in [7, 11) is 1.30. The third-order valence-corrected chi connectivity index (χ3v) is 14.0. The second-order valence-corrected chi connectivity index (χ2v) is 18.0. The van der Waals surface area contributed by atoms with Crippen LogP contribution in [0.2, 0.25) is 0 Å². The fourth-order valence-corrected chi connectivity index (χ4v) is 10.8. The van der Waals surface area contributed by atoms with Crippen LogP contribution in [0.4, 0.5) is 10.5 Å². The van der Waals surface area contributed by atoms with E-state index in [-0.39, 0.29) is 41.8 Å². The molecule has 322 valence electrons. The molecule has 1 aromatic heterocycles. The van der Waals surface area contributed by atoms with Gasteiger partial charge in [-0.3, -0.25) is 19.4 Å². The molecule has 12 nitrogen and oxygen atoms in total. The van der Waals surface area contributed by atoms with E-state index in [0.29, 0.717) is 25.3 Å². The number of carbonyl (C=O) groups excluding carboxylic acids is 4. The number of aromatic amines is 1. The van der Waals surface area contributed by atoms with E-state index in [1.54, 1.807) is 0 Å². The van der Waals surface area contributed by atoms with Gasteiger partial charge in [-0.05, 0) is 107 Å². The number of ether oxygens (including phenoxy) is 1. The quantitative estimate of drug-likeness (QED) is 0.126. The number of rotatable bonds is 10. The van der Waals surface area contributed by atoms with Crippen LogP contribution in [0.5, 0.6) is 0 Å². The molecule has 0 spiro atoms. The van der Waals surface area contributed by atoms with Gasteiger partial charge in [0, 0.05) is 36.5 Å². The number of nitrogens with one attached hydrogen (secondary N) is 3. The number of nitrogens with zero attached hydrogens (tertiary/aromatic N) is 4. The first kappa shape index (κ1) is 40.5. The van der Waals surface area contributed by atoms with Gasteiger partial charge in [-0.2, -0.15) is 0 Å². The highest BCUT2D eigenvalue weighted by Crippen LogP contribution is 2.47. The largest absolute Gasteiger partial charge is 0.453 e. The zero-order valence-corrected chi connectivity index (χ0v) is 36.2. The van der Waals surface area contributed by atoms with Crippen LogP contribution in [0.3, 0.4) is 0 Å². The monoisotopic (exact) mass is 843 g/mol. The van der Waals surface area contributed by atoms with Gasteiger partial charge < -0.3 is 30.2 Å². The number of hydrogen-bond acceptors (Lipinski definition) is 7. The third kappa shape index (κ3) is 7.19. The summed E-state index contributed by atoms with van der Waals surface area (Å²) in [6.45, 7) is 6.24. The van der Waals surface area contributed by atoms with Crippen molar-refractivity contribution in [3.8, 4) is 11.1 Å². The van der Waals surface area contributed by atoms with E-state index in [4.69, 9.17) is 14.7 Å². The number of alkyl carbamates (subject to hydrolysis) is 1. The van der Waals surface area contributed by atoms with Crippen LogP contribution >= 0.6 is 0 Å². The summed E-state index contributed by atoms with van der Waals surface area (Å²) in [5.74, 6) is 0.674. The molecule has 6 atom stereocenters. The van der Waals surface area contributed by atoms with Gasteiger partial charge in [0.15, 0.2) is 0 Å². The zero-order chi connectivity index (χ0) is 43.5. The van der Waals surface area contributed by atoms with Crippen molar-refractivity contribution in [1.29, 1.82) is 0 Å². The lowest BCUT2D eigenvalue weighted by atomic mass is 9.90. The Morgan fingerprint density at radius 3 is 2.35 bits per heavy atom. The van der Waals surface area contributed by atoms with Crippen LogP contribution in [0.25, 0.3) is 43.7 Å². The Hall–Kier alpha value is -6.56. The second kappa shape index (κ2) is 16.3. The van der Waals surface area contributed by atoms with Crippen LogP contribution in [0.15, 0.2) is 96.0 Å². The van der Waals surface area contributed by atoms with Crippen molar-refractivity contribution in [3.05, 3.63) is 108 Å². The number of carbonyl (C=O) groups is 4. The molecule has 1 aliphatic carbocycles. The minimum absolute atomic E-state index is 0.0456. The highest BCUT2D eigenvalue weighted by molar-refractivity contribution is 6.08. The van der Waals surface area contributed by atoms with Crippen molar-refractivity contribution in [2.45, 2.75) is 95.9 Å². The van der Waals surface area contributed by atoms with E-state index in [1.807, 2.05) is 56.0 Å². The van der Waals surface area contributed by atoms with Gasteiger partial charge in [0.2, 0.25) is 11.8 Å². The van der Waals surface area contributed by atoms with E-state index in [2.05, 4.69) is 81.2 Å². The Morgan fingerprint density at radius 2 is 1.60 bits per heavy atom. The van der Waals surface area contributed by atoms with E-state index in [1.165, 1.54) is 18.1 Å². The van der Waals surface area contributed by atoms with E-state index in [9.17, 15) is 19.2 Å². The van der Waals surface area contributed by atoms with E-state index >= 15 is 0 Å². The van der Waals surface area contributed by atoms with Crippen LogP contribution in [-0.2, 0) is 25.5 Å². The van der Waals surface area contributed by atoms with E-state index in [0.717, 1.165) is 93.2 Å². The number of hydrogen-bond donors (Lipinski definition) is 3. The first-order valence-electron chi connectivity index (χ1n) is 22.5. The fourth-order valence-electron chi connectivity index (χ4n) is 10.8. The molecule has 2 bridgehead atoms. The maximum absolute atomic E-state index is 14.5. The lowest BCUT2D eigenvalue weighted by Gasteiger charge is -2.38. The molecule has 5 aromatic carbocycles. The third-order valence-electron chi connectivity index (χ3n) is 14.0. The molecule has 4 aliphatic rings. The number of aromatic nitrogens is 2. The second-order valence-electron chi connectivity index (χ2n) is 18.0. The molecule has 3 N–H and O–H groups in total. The van der Waals surface area contributed by atoms with Gasteiger partial charge in [-0.25, -0.2) is 9.78 Å². The lowest BCUT2D eigenvalue weighted by molar-refractivity contribution is -0.139. The Labute approximate surface area is 366 Å². The molecular formula is C51H53N7O5. The highest BCUT2D eigenvalue weighted by Gasteiger charge is 2.52. The van der Waals surface area contributed by atoms with Gasteiger partial charge in [0.1, 0.15) is 17.9 Å². The Balaban J connectivity index is 0.894. The maximum atomic E-state index is 14.5. The molecule has 6 aromatic rings. The Morgan fingerprint density at radius 1 is 0.857 bits per heavy atom.